The van der Waals surface area contributed by atoms with Crippen LogP contribution in [0.1, 0.15) is 29.7 Å². The van der Waals surface area contributed by atoms with Crippen molar-refractivity contribution in [2.24, 2.45) is 5.10 Å². The number of esters is 1. The molecule has 0 aliphatic carbocycles. The number of allylic oxidation sites excluding steroid dienone is 1. The Hall–Kier alpha value is -4.84. The quantitative estimate of drug-likeness (QED) is 0.161. The van der Waals surface area contributed by atoms with Crippen LogP contribution in [-0.4, -0.2) is 44.9 Å². The summed E-state index contributed by atoms with van der Waals surface area (Å²) in [5, 5.41) is 9.33. The summed E-state index contributed by atoms with van der Waals surface area (Å²) in [5.74, 6) is 0.0966. The van der Waals surface area contributed by atoms with Gasteiger partial charge in [-0.15, -0.1) is 0 Å². The number of hydrogen-bond acceptors (Lipinski definition) is 8. The van der Waals surface area contributed by atoms with Crippen LogP contribution in [0.15, 0.2) is 87.6 Å². The Morgan fingerprint density at radius 3 is 2.50 bits per heavy atom. The van der Waals surface area contributed by atoms with Crippen LogP contribution in [0.5, 0.6) is 17.2 Å². The predicted molar refractivity (Wildman–Crippen MR) is 158 cm³/mol. The van der Waals surface area contributed by atoms with Gasteiger partial charge < -0.3 is 29.6 Å². The normalized spacial score (nSPS) is 14.6. The minimum Gasteiger partial charge on any atom is -0.493 e. The van der Waals surface area contributed by atoms with E-state index in [2.05, 4.69) is 37.1 Å². The second kappa shape index (κ2) is 14.2. The van der Waals surface area contributed by atoms with E-state index in [0.29, 0.717) is 34.9 Å². The van der Waals surface area contributed by atoms with Gasteiger partial charge in [0.2, 0.25) is 0 Å². The molecule has 1 aliphatic rings. The molecule has 0 fully saturated rings. The van der Waals surface area contributed by atoms with Crippen molar-refractivity contribution in [1.29, 1.82) is 0 Å². The van der Waals surface area contributed by atoms with E-state index in [1.165, 1.54) is 20.4 Å². The molecule has 1 heterocycles. The first kappa shape index (κ1) is 30.1. The number of rotatable bonds is 11. The van der Waals surface area contributed by atoms with Gasteiger partial charge in [-0.3, -0.25) is 4.79 Å². The highest BCUT2D eigenvalue weighted by Crippen LogP contribution is 2.34. The first-order valence-corrected chi connectivity index (χ1v) is 13.5. The molecular formula is C30H29BrN4O7. The monoisotopic (exact) mass is 636 g/mol. The Morgan fingerprint density at radius 1 is 1.00 bits per heavy atom. The fourth-order valence-electron chi connectivity index (χ4n) is 4.14. The second-order valence-electron chi connectivity index (χ2n) is 9.01. The highest BCUT2D eigenvalue weighted by Gasteiger charge is 2.32. The molecule has 1 aliphatic heterocycles. The van der Waals surface area contributed by atoms with Crippen LogP contribution < -0.4 is 30.3 Å². The van der Waals surface area contributed by atoms with Gasteiger partial charge in [0.25, 0.3) is 5.91 Å². The minimum absolute atomic E-state index is 0.254. The van der Waals surface area contributed by atoms with Crippen LogP contribution in [0.4, 0.5) is 4.79 Å². The van der Waals surface area contributed by atoms with E-state index in [0.717, 1.165) is 10.0 Å². The largest absolute Gasteiger partial charge is 0.493 e. The average Bonchev–Trinajstić information content (AvgIpc) is 2.99. The topological polar surface area (TPSA) is 137 Å². The molecule has 4 rings (SSSR count). The number of hydrazone groups is 1. The Labute approximate surface area is 251 Å². The molecule has 3 aromatic rings. The number of carbonyl (C=O) groups is 3. The van der Waals surface area contributed by atoms with E-state index in [1.807, 2.05) is 48.5 Å². The Morgan fingerprint density at radius 2 is 1.76 bits per heavy atom. The van der Waals surface area contributed by atoms with Crippen molar-refractivity contribution in [2.45, 2.75) is 19.6 Å². The van der Waals surface area contributed by atoms with E-state index in [1.54, 1.807) is 25.1 Å². The molecule has 0 spiro atoms. The van der Waals surface area contributed by atoms with Crippen molar-refractivity contribution < 1.29 is 33.3 Å². The number of ether oxygens (including phenoxy) is 4. The van der Waals surface area contributed by atoms with E-state index in [9.17, 15) is 14.4 Å². The summed E-state index contributed by atoms with van der Waals surface area (Å²) in [6.07, 6.45) is 1.49. The minimum atomic E-state index is -0.772. The molecule has 0 aromatic heterocycles. The van der Waals surface area contributed by atoms with Gasteiger partial charge in [-0.05, 0) is 48.4 Å². The molecule has 0 unspecified atom stereocenters. The van der Waals surface area contributed by atoms with Gasteiger partial charge in [0.15, 0.2) is 18.1 Å². The molecule has 11 nitrogen and oxygen atoms in total. The average molecular weight is 637 g/mol. The molecule has 3 aromatic carbocycles. The van der Waals surface area contributed by atoms with Gasteiger partial charge in [-0.2, -0.15) is 5.10 Å². The van der Waals surface area contributed by atoms with Crippen LogP contribution in [0.25, 0.3) is 0 Å². The van der Waals surface area contributed by atoms with Crippen molar-refractivity contribution in [1.82, 2.24) is 16.1 Å². The van der Waals surface area contributed by atoms with E-state index < -0.39 is 23.9 Å². The highest BCUT2D eigenvalue weighted by atomic mass is 79.9. The number of nitrogens with zero attached hydrogens (tertiary/aromatic N) is 1. The van der Waals surface area contributed by atoms with Crippen LogP contribution >= 0.6 is 15.9 Å². The number of methoxy groups -OCH3 is 2. The van der Waals surface area contributed by atoms with Gasteiger partial charge >= 0.3 is 12.0 Å². The summed E-state index contributed by atoms with van der Waals surface area (Å²) in [6.45, 7) is 1.65. The van der Waals surface area contributed by atoms with Gasteiger partial charge in [0.05, 0.1) is 32.0 Å². The lowest BCUT2D eigenvalue weighted by atomic mass is 9.95. The highest BCUT2D eigenvalue weighted by molar-refractivity contribution is 9.10. The number of carbonyl (C=O) groups excluding carboxylic acids is 3. The number of benzene rings is 3. The van der Waals surface area contributed by atoms with Crippen molar-refractivity contribution in [3.05, 3.63) is 99.2 Å². The predicted octanol–water partition coefficient (Wildman–Crippen LogP) is 4.37. The molecule has 0 saturated carbocycles. The zero-order chi connectivity index (χ0) is 30.1. The summed E-state index contributed by atoms with van der Waals surface area (Å²) in [7, 11) is 2.70. The second-order valence-corrected chi connectivity index (χ2v) is 9.93. The number of halogens is 1. The molecular weight excluding hydrogens is 608 g/mol. The smallest absolute Gasteiger partial charge is 0.337 e. The number of amides is 3. The molecule has 0 bridgehead atoms. The summed E-state index contributed by atoms with van der Waals surface area (Å²) in [5.41, 5.74) is 5.32. The summed E-state index contributed by atoms with van der Waals surface area (Å²) in [6, 6.07) is 18.9. The fourth-order valence-corrected chi connectivity index (χ4v) is 4.52. The maximum atomic E-state index is 12.5. The lowest BCUT2D eigenvalue weighted by Gasteiger charge is -2.28. The third-order valence-corrected chi connectivity index (χ3v) is 6.65. The lowest BCUT2D eigenvalue weighted by Crippen LogP contribution is -2.45. The maximum Gasteiger partial charge on any atom is 0.337 e. The van der Waals surface area contributed by atoms with Gasteiger partial charge in [0.1, 0.15) is 12.4 Å². The molecule has 42 heavy (non-hydrogen) atoms. The van der Waals surface area contributed by atoms with Gasteiger partial charge in [-0.25, -0.2) is 15.0 Å². The third-order valence-electron chi connectivity index (χ3n) is 6.16. The first-order valence-electron chi connectivity index (χ1n) is 12.7. The SMILES string of the molecule is COC(=O)C1=C(C)NC(=O)N[C@@H]1c1ccc(OCC(=O)N/N=C\c2cc(Br)ccc2OCc2ccccc2)c(OC)c1. The van der Waals surface area contributed by atoms with Crippen LogP contribution in [-0.2, 0) is 20.9 Å². The van der Waals surface area contributed by atoms with Crippen molar-refractivity contribution >= 4 is 40.1 Å². The van der Waals surface area contributed by atoms with E-state index >= 15 is 0 Å². The van der Waals surface area contributed by atoms with Crippen LogP contribution in [0.3, 0.4) is 0 Å². The molecule has 218 valence electrons. The summed E-state index contributed by atoms with van der Waals surface area (Å²) in [4.78, 5) is 36.9. The zero-order valence-corrected chi connectivity index (χ0v) is 24.7. The Balaban J connectivity index is 1.39. The molecule has 0 saturated heterocycles. The van der Waals surface area contributed by atoms with Crippen molar-refractivity contribution in [3.63, 3.8) is 0 Å². The van der Waals surface area contributed by atoms with E-state index in [4.69, 9.17) is 18.9 Å². The van der Waals surface area contributed by atoms with Crippen LogP contribution in [0, 0.1) is 0 Å². The van der Waals surface area contributed by atoms with Crippen LogP contribution in [0.2, 0.25) is 0 Å². The van der Waals surface area contributed by atoms with Gasteiger partial charge in [0, 0.05) is 15.7 Å². The number of urea groups is 1. The zero-order valence-electron chi connectivity index (χ0n) is 23.1. The lowest BCUT2D eigenvalue weighted by molar-refractivity contribution is -0.136. The number of hydrogen-bond donors (Lipinski definition) is 3. The van der Waals surface area contributed by atoms with Gasteiger partial charge in [-0.1, -0.05) is 52.3 Å². The summed E-state index contributed by atoms with van der Waals surface area (Å²) < 4.78 is 22.7. The number of nitrogens with one attached hydrogen (secondary N) is 3. The van der Waals surface area contributed by atoms with Crippen molar-refractivity contribution in [2.75, 3.05) is 20.8 Å². The molecule has 12 heteroatoms. The maximum absolute atomic E-state index is 12.5. The molecule has 3 amide bonds. The first-order chi connectivity index (χ1) is 20.3. The molecule has 0 radical (unpaired) electrons. The molecule has 1 atom stereocenters. The Bertz CT molecular complexity index is 1530. The Kier molecular flexibility index (Phi) is 10.2. The fraction of sp³-hybridized carbons (Fsp3) is 0.200. The van der Waals surface area contributed by atoms with E-state index in [-0.39, 0.29) is 17.9 Å². The van der Waals surface area contributed by atoms with Crippen molar-refractivity contribution in [3.8, 4) is 17.2 Å². The molecule has 3 N–H and O–H groups in total. The standard InChI is InChI=1S/C30H29BrN4O7/c1-18-27(29(37)40-3)28(34-30(38)33-18)20-9-11-24(25(14-20)39-2)42-17-26(36)35-32-15-21-13-22(31)10-12-23(21)41-16-19-7-5-4-6-8-19/h4-15,28H,16-17H2,1-3H3,(H,35,36)(H2,33,34,38)/b32-15-/t28-/m1/s1. The summed E-state index contributed by atoms with van der Waals surface area (Å²) >= 11 is 3.44. The third kappa shape index (κ3) is 7.67.